The van der Waals surface area contributed by atoms with Crippen LogP contribution in [0.2, 0.25) is 0 Å². The summed E-state index contributed by atoms with van der Waals surface area (Å²) >= 11 is 0. The number of amides is 2. The molecule has 5 nitrogen and oxygen atoms in total. The minimum Gasteiger partial charge on any atom is -0.388 e. The molecule has 1 saturated heterocycles. The van der Waals surface area contributed by atoms with Gasteiger partial charge in [0.2, 0.25) is 0 Å². The van der Waals surface area contributed by atoms with Gasteiger partial charge in [-0.15, -0.1) is 0 Å². The van der Waals surface area contributed by atoms with Gasteiger partial charge in [-0.1, -0.05) is 0 Å². The number of hydrogen-bond acceptors (Lipinski definition) is 4. The number of rotatable bonds is 2. The van der Waals surface area contributed by atoms with Crippen molar-refractivity contribution in [2.45, 2.75) is 25.4 Å². The highest BCUT2D eigenvalue weighted by atomic mass is 16.5. The van der Waals surface area contributed by atoms with E-state index in [9.17, 15) is 14.7 Å². The first-order valence-electron chi connectivity index (χ1n) is 5.36. The molecule has 5 heteroatoms. The first-order chi connectivity index (χ1) is 7.52. The van der Waals surface area contributed by atoms with Gasteiger partial charge in [0.05, 0.1) is 12.1 Å². The van der Waals surface area contributed by atoms with E-state index < -0.39 is 5.60 Å². The maximum atomic E-state index is 11.6. The zero-order chi connectivity index (χ0) is 11.8. The Morgan fingerprint density at radius 1 is 1.44 bits per heavy atom. The molecule has 2 amide bonds. The summed E-state index contributed by atoms with van der Waals surface area (Å²) in [5.41, 5.74) is -0.553. The SMILES string of the molecule is CC1=CC(=O)N(CC2(O)CCOCC2)C1=O. The molecule has 0 spiro atoms. The first-order valence-corrected chi connectivity index (χ1v) is 5.36. The van der Waals surface area contributed by atoms with E-state index in [1.165, 1.54) is 6.08 Å². The van der Waals surface area contributed by atoms with Gasteiger partial charge in [0.1, 0.15) is 0 Å². The highest BCUT2D eigenvalue weighted by Gasteiger charge is 2.38. The Balaban J connectivity index is 2.05. The van der Waals surface area contributed by atoms with Crippen LogP contribution in [0.25, 0.3) is 0 Å². The molecule has 2 rings (SSSR count). The molecule has 0 radical (unpaired) electrons. The summed E-state index contributed by atoms with van der Waals surface area (Å²) in [5.74, 6) is -0.632. The Morgan fingerprint density at radius 3 is 2.56 bits per heavy atom. The number of imide groups is 1. The van der Waals surface area contributed by atoms with Gasteiger partial charge in [-0.25, -0.2) is 0 Å². The maximum Gasteiger partial charge on any atom is 0.256 e. The van der Waals surface area contributed by atoms with Crippen LogP contribution >= 0.6 is 0 Å². The van der Waals surface area contributed by atoms with Crippen molar-refractivity contribution in [2.75, 3.05) is 19.8 Å². The second-order valence-corrected chi connectivity index (χ2v) is 4.39. The molecular weight excluding hydrogens is 210 g/mol. The molecule has 88 valence electrons. The van der Waals surface area contributed by atoms with E-state index in [2.05, 4.69) is 0 Å². The predicted molar refractivity (Wildman–Crippen MR) is 55.5 cm³/mol. The van der Waals surface area contributed by atoms with Gasteiger partial charge in [-0.3, -0.25) is 14.5 Å². The van der Waals surface area contributed by atoms with Crippen LogP contribution in [0.1, 0.15) is 19.8 Å². The van der Waals surface area contributed by atoms with Crippen LogP contribution in [0, 0.1) is 0 Å². The molecule has 0 saturated carbocycles. The van der Waals surface area contributed by atoms with Gasteiger partial charge < -0.3 is 9.84 Å². The molecule has 0 aromatic rings. The normalized spacial score (nSPS) is 24.9. The lowest BCUT2D eigenvalue weighted by Gasteiger charge is -2.34. The minimum absolute atomic E-state index is 0.0713. The monoisotopic (exact) mass is 225 g/mol. The summed E-state index contributed by atoms with van der Waals surface area (Å²) in [4.78, 5) is 24.2. The summed E-state index contributed by atoms with van der Waals surface area (Å²) in [6, 6.07) is 0. The molecule has 0 aliphatic carbocycles. The number of β-amino-alcohol motifs (C(OH)–C–C–N with tert-alkyl or cyclic N) is 1. The summed E-state index contributed by atoms with van der Waals surface area (Å²) in [7, 11) is 0. The van der Waals surface area contributed by atoms with E-state index in [4.69, 9.17) is 4.74 Å². The van der Waals surface area contributed by atoms with E-state index in [0.29, 0.717) is 31.6 Å². The smallest absolute Gasteiger partial charge is 0.256 e. The van der Waals surface area contributed by atoms with Crippen LogP contribution in [0.4, 0.5) is 0 Å². The molecule has 1 N–H and O–H groups in total. The van der Waals surface area contributed by atoms with Crippen LogP contribution in [0.3, 0.4) is 0 Å². The van der Waals surface area contributed by atoms with Gasteiger partial charge in [0.15, 0.2) is 0 Å². The molecule has 0 bridgehead atoms. The number of carbonyl (C=O) groups excluding carboxylic acids is 2. The Morgan fingerprint density at radius 2 is 2.06 bits per heavy atom. The Bertz CT molecular complexity index is 355. The fourth-order valence-corrected chi connectivity index (χ4v) is 1.99. The lowest BCUT2D eigenvalue weighted by molar-refractivity contribution is -0.145. The number of hydrogen-bond donors (Lipinski definition) is 1. The lowest BCUT2D eigenvalue weighted by Crippen LogP contribution is -2.48. The van der Waals surface area contributed by atoms with E-state index in [1.54, 1.807) is 6.92 Å². The third-order valence-corrected chi connectivity index (χ3v) is 3.06. The highest BCUT2D eigenvalue weighted by Crippen LogP contribution is 2.24. The van der Waals surface area contributed by atoms with Crippen molar-refractivity contribution in [3.05, 3.63) is 11.6 Å². The van der Waals surface area contributed by atoms with Crippen molar-refractivity contribution >= 4 is 11.8 Å². The van der Waals surface area contributed by atoms with Gasteiger partial charge in [-0.2, -0.15) is 0 Å². The molecule has 0 aromatic heterocycles. The van der Waals surface area contributed by atoms with Crippen LogP contribution in [0.5, 0.6) is 0 Å². The highest BCUT2D eigenvalue weighted by molar-refractivity contribution is 6.15. The Labute approximate surface area is 93.7 Å². The molecule has 0 aromatic carbocycles. The zero-order valence-corrected chi connectivity index (χ0v) is 9.23. The quantitative estimate of drug-likeness (QED) is 0.663. The third kappa shape index (κ3) is 2.01. The standard InChI is InChI=1S/C11H15NO4/c1-8-6-9(13)12(10(8)14)7-11(15)2-4-16-5-3-11/h6,15H,2-5,7H2,1H3. The summed E-state index contributed by atoms with van der Waals surface area (Å²) < 4.78 is 5.14. The van der Waals surface area contributed by atoms with Crippen molar-refractivity contribution in [2.24, 2.45) is 0 Å². The van der Waals surface area contributed by atoms with E-state index >= 15 is 0 Å². The molecule has 2 aliphatic rings. The molecule has 0 unspecified atom stereocenters. The number of carbonyl (C=O) groups is 2. The molecular formula is C11H15NO4. The molecule has 16 heavy (non-hydrogen) atoms. The minimum atomic E-state index is -0.984. The third-order valence-electron chi connectivity index (χ3n) is 3.06. The van der Waals surface area contributed by atoms with Gasteiger partial charge >= 0.3 is 0 Å². The van der Waals surface area contributed by atoms with Crippen LogP contribution in [0.15, 0.2) is 11.6 Å². The van der Waals surface area contributed by atoms with Crippen LogP contribution in [-0.4, -0.2) is 47.2 Å². The Kier molecular flexibility index (Phi) is 2.82. The second-order valence-electron chi connectivity index (χ2n) is 4.39. The van der Waals surface area contributed by atoms with Crippen molar-refractivity contribution in [3.63, 3.8) is 0 Å². The van der Waals surface area contributed by atoms with Crippen molar-refractivity contribution in [1.29, 1.82) is 0 Å². The van der Waals surface area contributed by atoms with Crippen molar-refractivity contribution < 1.29 is 19.4 Å². The van der Waals surface area contributed by atoms with E-state index in [0.717, 1.165) is 4.90 Å². The average Bonchev–Trinajstić information content (AvgIpc) is 2.46. The fourth-order valence-electron chi connectivity index (χ4n) is 1.99. The average molecular weight is 225 g/mol. The topological polar surface area (TPSA) is 66.8 Å². The van der Waals surface area contributed by atoms with Gasteiger partial charge in [-0.05, 0) is 6.92 Å². The van der Waals surface area contributed by atoms with Crippen LogP contribution < -0.4 is 0 Å². The predicted octanol–water partition coefficient (Wildman–Crippen LogP) is -0.157. The lowest BCUT2D eigenvalue weighted by atomic mass is 9.94. The molecule has 2 heterocycles. The largest absolute Gasteiger partial charge is 0.388 e. The first kappa shape index (κ1) is 11.3. The number of aliphatic hydroxyl groups is 1. The number of nitrogens with zero attached hydrogens (tertiary/aromatic N) is 1. The summed E-state index contributed by atoms with van der Waals surface area (Å²) in [6.45, 7) is 2.62. The molecule has 0 atom stereocenters. The summed E-state index contributed by atoms with van der Waals surface area (Å²) in [5, 5.41) is 10.2. The van der Waals surface area contributed by atoms with Crippen LogP contribution in [-0.2, 0) is 14.3 Å². The number of ether oxygens (including phenoxy) is 1. The maximum absolute atomic E-state index is 11.6. The second kappa shape index (κ2) is 3.99. The van der Waals surface area contributed by atoms with Gasteiger partial charge in [0.25, 0.3) is 11.8 Å². The van der Waals surface area contributed by atoms with E-state index in [1.807, 2.05) is 0 Å². The Hall–Kier alpha value is -1.20. The van der Waals surface area contributed by atoms with Crippen molar-refractivity contribution in [1.82, 2.24) is 4.90 Å². The zero-order valence-electron chi connectivity index (χ0n) is 9.23. The molecule has 1 fully saturated rings. The van der Waals surface area contributed by atoms with Crippen molar-refractivity contribution in [3.8, 4) is 0 Å². The van der Waals surface area contributed by atoms with Gasteiger partial charge in [0, 0.05) is 37.7 Å². The van der Waals surface area contributed by atoms with E-state index in [-0.39, 0.29) is 18.4 Å². The summed E-state index contributed by atoms with van der Waals surface area (Å²) in [6.07, 6.45) is 2.23. The molecule has 2 aliphatic heterocycles. The fraction of sp³-hybridized carbons (Fsp3) is 0.636.